The van der Waals surface area contributed by atoms with Crippen LogP contribution in [0.5, 0.6) is 11.5 Å². The molecule has 32 heavy (non-hydrogen) atoms. The van der Waals surface area contributed by atoms with Crippen molar-refractivity contribution >= 4 is 5.78 Å². The third kappa shape index (κ3) is 5.91. The molecule has 0 bridgehead atoms. The van der Waals surface area contributed by atoms with E-state index in [0.717, 1.165) is 42.6 Å². The van der Waals surface area contributed by atoms with Crippen LogP contribution in [0.3, 0.4) is 0 Å². The second-order valence-corrected chi connectivity index (χ2v) is 8.08. The molecule has 8 nitrogen and oxygen atoms in total. The summed E-state index contributed by atoms with van der Waals surface area (Å²) in [4.78, 5) is 15.5. The summed E-state index contributed by atoms with van der Waals surface area (Å²) in [5.74, 6) is 1.20. The Labute approximate surface area is 188 Å². The van der Waals surface area contributed by atoms with Crippen molar-refractivity contribution < 1.29 is 14.6 Å². The number of hydrogen-bond acceptors (Lipinski definition) is 7. The van der Waals surface area contributed by atoms with Gasteiger partial charge in [-0.2, -0.15) is 4.80 Å². The lowest BCUT2D eigenvalue weighted by Gasteiger charge is -2.14. The molecule has 0 saturated carbocycles. The molecule has 1 aromatic heterocycles. The number of nitrogens with zero attached hydrogens (tertiary/aromatic N) is 5. The fourth-order valence-corrected chi connectivity index (χ4v) is 3.47. The highest BCUT2D eigenvalue weighted by atomic mass is 16.5. The number of aromatic hydroxyl groups is 1. The number of rotatable bonds is 11. The van der Waals surface area contributed by atoms with Gasteiger partial charge in [-0.05, 0) is 81.5 Å². The van der Waals surface area contributed by atoms with E-state index in [1.807, 2.05) is 51.4 Å². The molecule has 1 N–H and O–H groups in total. The number of phenols is 1. The maximum absolute atomic E-state index is 11.7. The number of aryl methyl sites for hydroxylation is 1. The van der Waals surface area contributed by atoms with Gasteiger partial charge in [0, 0.05) is 11.1 Å². The minimum atomic E-state index is -0.147. The molecule has 8 heteroatoms. The van der Waals surface area contributed by atoms with Gasteiger partial charge in [0.25, 0.3) is 0 Å². The molecule has 0 fully saturated rings. The van der Waals surface area contributed by atoms with Crippen LogP contribution in [-0.4, -0.2) is 56.6 Å². The van der Waals surface area contributed by atoms with E-state index in [1.54, 1.807) is 10.9 Å². The second kappa shape index (κ2) is 10.9. The van der Waals surface area contributed by atoms with Crippen molar-refractivity contribution in [2.45, 2.75) is 46.3 Å². The highest BCUT2D eigenvalue weighted by molar-refractivity contribution is 5.97. The molecule has 0 spiro atoms. The van der Waals surface area contributed by atoms with Crippen molar-refractivity contribution in [2.24, 2.45) is 0 Å². The van der Waals surface area contributed by atoms with Gasteiger partial charge >= 0.3 is 0 Å². The second-order valence-electron chi connectivity index (χ2n) is 8.08. The van der Waals surface area contributed by atoms with Crippen molar-refractivity contribution in [3.05, 3.63) is 53.1 Å². The molecule has 1 heterocycles. The van der Waals surface area contributed by atoms with E-state index >= 15 is 0 Å². The predicted molar refractivity (Wildman–Crippen MR) is 123 cm³/mol. The van der Waals surface area contributed by atoms with E-state index in [-0.39, 0.29) is 11.5 Å². The van der Waals surface area contributed by atoms with Crippen molar-refractivity contribution in [1.82, 2.24) is 25.1 Å². The Hall–Kier alpha value is -3.26. The number of hydrogen-bond donors (Lipinski definition) is 1. The molecule has 170 valence electrons. The number of tetrazole rings is 1. The number of aromatic nitrogens is 4. The van der Waals surface area contributed by atoms with Crippen LogP contribution in [-0.2, 0) is 19.6 Å². The highest BCUT2D eigenvalue weighted by Gasteiger charge is 2.15. The summed E-state index contributed by atoms with van der Waals surface area (Å²) in [5, 5.41) is 23.2. The zero-order chi connectivity index (χ0) is 23.1. The van der Waals surface area contributed by atoms with E-state index < -0.39 is 0 Å². The Morgan fingerprint density at radius 3 is 2.56 bits per heavy atom. The Balaban J connectivity index is 1.65. The number of Topliss-reactive ketones (excluding diaryl/α,β-unsaturated/α-hetero) is 1. The largest absolute Gasteiger partial charge is 0.507 e. The fourth-order valence-electron chi connectivity index (χ4n) is 3.47. The summed E-state index contributed by atoms with van der Waals surface area (Å²) in [6.07, 6.45) is 2.50. The van der Waals surface area contributed by atoms with Crippen molar-refractivity contribution in [3.63, 3.8) is 0 Å². The monoisotopic (exact) mass is 437 g/mol. The van der Waals surface area contributed by atoms with Crippen LogP contribution in [0.1, 0.15) is 48.2 Å². The van der Waals surface area contributed by atoms with E-state index in [2.05, 4.69) is 20.3 Å². The van der Waals surface area contributed by atoms with Crippen LogP contribution in [0.25, 0.3) is 11.4 Å². The molecule has 0 aliphatic carbocycles. The summed E-state index contributed by atoms with van der Waals surface area (Å²) in [5.41, 5.74) is 2.86. The number of benzene rings is 2. The molecule has 0 atom stereocenters. The van der Waals surface area contributed by atoms with Gasteiger partial charge in [-0.3, -0.25) is 4.79 Å². The number of carbonyl (C=O) groups is 1. The van der Waals surface area contributed by atoms with Gasteiger partial charge in [0.05, 0.1) is 12.1 Å². The number of phenolic OH excluding ortho intramolecular Hbond substituents is 1. The summed E-state index contributed by atoms with van der Waals surface area (Å²) in [6.45, 7) is 5.50. The van der Waals surface area contributed by atoms with Crippen LogP contribution in [0.15, 0.2) is 36.4 Å². The molecule has 0 radical (unpaired) electrons. The Morgan fingerprint density at radius 1 is 1.16 bits per heavy atom. The topological polar surface area (TPSA) is 93.4 Å². The minimum Gasteiger partial charge on any atom is -0.507 e. The van der Waals surface area contributed by atoms with Gasteiger partial charge < -0.3 is 14.7 Å². The smallest absolute Gasteiger partial charge is 0.204 e. The first-order valence-electron chi connectivity index (χ1n) is 10.9. The zero-order valence-electron chi connectivity index (χ0n) is 19.2. The Kier molecular flexibility index (Phi) is 7.94. The van der Waals surface area contributed by atoms with Crippen LogP contribution < -0.4 is 4.74 Å². The van der Waals surface area contributed by atoms with Gasteiger partial charge in [0.1, 0.15) is 18.1 Å². The van der Waals surface area contributed by atoms with Crippen LogP contribution in [0.2, 0.25) is 0 Å². The standard InChI is InChI=1S/C24H31N5O3/c1-5-7-22-19(10-13-21(17(2)30)23(22)31)16-32-20-11-8-18(9-12-20)24-25-27-29(26-24)15-6-14-28(3)4/h8-13,31H,5-7,14-16H2,1-4H3. The Bertz CT molecular complexity index is 1040. The molecule has 3 aromatic rings. The number of carbonyl (C=O) groups excluding carboxylic acids is 1. The maximum Gasteiger partial charge on any atom is 0.204 e. The molecule has 0 aliphatic heterocycles. The molecule has 3 rings (SSSR count). The molecular formula is C24H31N5O3. The third-order valence-corrected chi connectivity index (χ3v) is 5.18. The zero-order valence-corrected chi connectivity index (χ0v) is 19.2. The molecule has 2 aromatic carbocycles. The first-order valence-corrected chi connectivity index (χ1v) is 10.9. The van der Waals surface area contributed by atoms with Gasteiger partial charge in [-0.15, -0.1) is 10.2 Å². The Morgan fingerprint density at radius 2 is 1.91 bits per heavy atom. The molecule has 0 saturated heterocycles. The molecule has 0 amide bonds. The van der Waals surface area contributed by atoms with Crippen molar-refractivity contribution in [1.29, 1.82) is 0 Å². The van der Waals surface area contributed by atoms with E-state index in [0.29, 0.717) is 30.2 Å². The van der Waals surface area contributed by atoms with Gasteiger partial charge in [0.15, 0.2) is 5.78 Å². The number of ether oxygens (including phenoxy) is 1. The minimum absolute atomic E-state index is 0.0653. The van der Waals surface area contributed by atoms with Crippen molar-refractivity contribution in [3.8, 4) is 22.9 Å². The van der Waals surface area contributed by atoms with Crippen LogP contribution in [0.4, 0.5) is 0 Å². The van der Waals surface area contributed by atoms with Crippen LogP contribution >= 0.6 is 0 Å². The summed E-state index contributed by atoms with van der Waals surface area (Å²) < 4.78 is 5.94. The normalized spacial score (nSPS) is 11.2. The quantitative estimate of drug-likeness (QED) is 0.457. The summed E-state index contributed by atoms with van der Waals surface area (Å²) in [6, 6.07) is 11.1. The summed E-state index contributed by atoms with van der Waals surface area (Å²) in [7, 11) is 4.08. The summed E-state index contributed by atoms with van der Waals surface area (Å²) >= 11 is 0. The molecule has 0 unspecified atom stereocenters. The fraction of sp³-hybridized carbons (Fsp3) is 0.417. The molecule has 0 aliphatic rings. The third-order valence-electron chi connectivity index (χ3n) is 5.18. The van der Waals surface area contributed by atoms with Crippen molar-refractivity contribution in [2.75, 3.05) is 20.6 Å². The lowest BCUT2D eigenvalue weighted by molar-refractivity contribution is 0.101. The average Bonchev–Trinajstić information content (AvgIpc) is 3.23. The van der Waals surface area contributed by atoms with E-state index in [4.69, 9.17) is 4.74 Å². The highest BCUT2D eigenvalue weighted by Crippen LogP contribution is 2.29. The predicted octanol–water partition coefficient (Wildman–Crippen LogP) is 3.73. The van der Waals surface area contributed by atoms with Crippen LogP contribution in [0, 0.1) is 0 Å². The maximum atomic E-state index is 11.7. The first kappa shape index (κ1) is 23.4. The van der Waals surface area contributed by atoms with E-state index in [9.17, 15) is 9.90 Å². The average molecular weight is 438 g/mol. The lowest BCUT2D eigenvalue weighted by Crippen LogP contribution is -2.15. The first-order chi connectivity index (χ1) is 15.4. The van der Waals surface area contributed by atoms with E-state index in [1.165, 1.54) is 6.92 Å². The lowest BCUT2D eigenvalue weighted by atomic mass is 9.97. The number of ketones is 1. The van der Waals surface area contributed by atoms with Gasteiger partial charge in [0.2, 0.25) is 5.82 Å². The van der Waals surface area contributed by atoms with Gasteiger partial charge in [-0.1, -0.05) is 19.4 Å². The SMILES string of the molecule is CCCc1c(COc2ccc(-c3nnn(CCCN(C)C)n3)cc2)ccc(C(C)=O)c1O. The molecular weight excluding hydrogens is 406 g/mol. The van der Waals surface area contributed by atoms with Gasteiger partial charge in [-0.25, -0.2) is 0 Å².